The summed E-state index contributed by atoms with van der Waals surface area (Å²) < 4.78 is 29.2. The van der Waals surface area contributed by atoms with Crippen LogP contribution >= 0.6 is 0 Å². The molecular weight excluding hydrogens is 238 g/mol. The van der Waals surface area contributed by atoms with Crippen LogP contribution in [0.3, 0.4) is 0 Å². The topological polar surface area (TPSA) is 67.2 Å². The fraction of sp³-hybridized carbons (Fsp3) is 0.917. The Hall–Kier alpha value is -0.600. The third-order valence-electron chi connectivity index (χ3n) is 3.21. The lowest BCUT2D eigenvalue weighted by Crippen LogP contribution is -2.31. The van der Waals surface area contributed by atoms with Crippen LogP contribution in [0.1, 0.15) is 39.5 Å². The molecule has 0 aliphatic carbocycles. The van der Waals surface area contributed by atoms with Crippen LogP contribution in [0.15, 0.2) is 0 Å². The number of sulfone groups is 1. The summed E-state index contributed by atoms with van der Waals surface area (Å²) in [6, 6.07) is 2.19. The van der Waals surface area contributed by atoms with Crippen molar-refractivity contribution >= 4 is 9.84 Å². The van der Waals surface area contributed by atoms with Gasteiger partial charge in [0.2, 0.25) is 0 Å². The van der Waals surface area contributed by atoms with Crippen molar-refractivity contribution in [2.45, 2.75) is 44.8 Å². The zero-order valence-corrected chi connectivity index (χ0v) is 11.4. The zero-order valence-electron chi connectivity index (χ0n) is 10.6. The molecule has 0 amide bonds. The van der Waals surface area contributed by atoms with E-state index in [0.717, 1.165) is 0 Å². The molecular formula is C12H21NO3S. The molecule has 1 aliphatic rings. The van der Waals surface area contributed by atoms with Crippen LogP contribution in [-0.4, -0.2) is 32.6 Å². The van der Waals surface area contributed by atoms with Crippen LogP contribution in [0.25, 0.3) is 0 Å². The van der Waals surface area contributed by atoms with E-state index in [-0.39, 0.29) is 11.0 Å². The molecule has 1 rings (SSSR count). The third-order valence-corrected chi connectivity index (χ3v) is 5.55. The van der Waals surface area contributed by atoms with Gasteiger partial charge in [-0.05, 0) is 39.5 Å². The minimum atomic E-state index is -3.00. The highest BCUT2D eigenvalue weighted by Gasteiger charge is 2.28. The van der Waals surface area contributed by atoms with Gasteiger partial charge in [0.1, 0.15) is 0 Å². The van der Waals surface area contributed by atoms with Crippen molar-refractivity contribution in [3.05, 3.63) is 0 Å². The number of nitriles is 1. The van der Waals surface area contributed by atoms with Gasteiger partial charge in [-0.2, -0.15) is 5.26 Å². The number of rotatable bonds is 5. The summed E-state index contributed by atoms with van der Waals surface area (Å²) in [7, 11) is -3.00. The van der Waals surface area contributed by atoms with Gasteiger partial charge < -0.3 is 4.74 Å². The smallest absolute Gasteiger partial charge is 0.153 e. The molecule has 17 heavy (non-hydrogen) atoms. The van der Waals surface area contributed by atoms with Crippen molar-refractivity contribution in [1.82, 2.24) is 0 Å². The molecule has 1 saturated heterocycles. The quantitative estimate of drug-likeness (QED) is 0.756. The maximum absolute atomic E-state index is 12.0. The Morgan fingerprint density at radius 2 is 1.94 bits per heavy atom. The highest BCUT2D eigenvalue weighted by atomic mass is 32.2. The monoisotopic (exact) mass is 259 g/mol. The second-order valence-corrected chi connectivity index (χ2v) is 7.68. The average molecular weight is 259 g/mol. The molecule has 0 saturated carbocycles. The maximum atomic E-state index is 12.0. The van der Waals surface area contributed by atoms with E-state index in [0.29, 0.717) is 38.9 Å². The van der Waals surface area contributed by atoms with Crippen LogP contribution in [0.5, 0.6) is 0 Å². The van der Waals surface area contributed by atoms with E-state index in [1.54, 1.807) is 0 Å². The van der Waals surface area contributed by atoms with Crippen LogP contribution < -0.4 is 0 Å². The van der Waals surface area contributed by atoms with Crippen LogP contribution in [0.4, 0.5) is 0 Å². The van der Waals surface area contributed by atoms with Gasteiger partial charge in [-0.15, -0.1) is 0 Å². The second-order valence-electron chi connectivity index (χ2n) is 5.28. The minimum absolute atomic E-state index is 0.197. The van der Waals surface area contributed by atoms with E-state index in [4.69, 9.17) is 10.00 Å². The Bertz CT molecular complexity index is 375. The van der Waals surface area contributed by atoms with Gasteiger partial charge in [0.25, 0.3) is 0 Å². The Balaban J connectivity index is 2.42. The molecule has 0 bridgehead atoms. The Labute approximate surface area is 104 Å². The molecule has 1 fully saturated rings. The Morgan fingerprint density at radius 1 is 1.35 bits per heavy atom. The van der Waals surface area contributed by atoms with Crippen LogP contribution in [0.2, 0.25) is 0 Å². The van der Waals surface area contributed by atoms with Crippen molar-refractivity contribution in [2.75, 3.05) is 19.0 Å². The lowest BCUT2D eigenvalue weighted by molar-refractivity contribution is 0.0983. The van der Waals surface area contributed by atoms with Gasteiger partial charge in [0.05, 0.1) is 22.5 Å². The number of ether oxygens (including phenoxy) is 1. The lowest BCUT2D eigenvalue weighted by Gasteiger charge is -2.22. The summed E-state index contributed by atoms with van der Waals surface area (Å²) in [5.74, 6) is 0.197. The molecule has 98 valence electrons. The predicted molar refractivity (Wildman–Crippen MR) is 66.3 cm³/mol. The minimum Gasteiger partial charge on any atom is -0.381 e. The van der Waals surface area contributed by atoms with Gasteiger partial charge in [-0.3, -0.25) is 0 Å². The SMILES string of the molecule is CC(C)(C#N)CCCS(=O)(=O)C1CCOCC1. The van der Waals surface area contributed by atoms with Gasteiger partial charge in [0.15, 0.2) is 9.84 Å². The van der Waals surface area contributed by atoms with E-state index in [1.807, 2.05) is 13.8 Å². The average Bonchev–Trinajstić information content (AvgIpc) is 2.30. The maximum Gasteiger partial charge on any atom is 0.153 e. The first-order chi connectivity index (χ1) is 7.87. The molecule has 0 aromatic carbocycles. The third kappa shape index (κ3) is 4.64. The summed E-state index contributed by atoms with van der Waals surface area (Å²) in [5, 5.41) is 8.62. The van der Waals surface area contributed by atoms with Gasteiger partial charge >= 0.3 is 0 Å². The van der Waals surface area contributed by atoms with Crippen LogP contribution in [-0.2, 0) is 14.6 Å². The first-order valence-corrected chi connectivity index (χ1v) is 7.79. The normalized spacial score (nSPS) is 18.9. The molecule has 5 heteroatoms. The molecule has 0 atom stereocenters. The van der Waals surface area contributed by atoms with Crippen molar-refractivity contribution in [2.24, 2.45) is 5.41 Å². The molecule has 0 aromatic heterocycles. The summed E-state index contributed by atoms with van der Waals surface area (Å²) in [6.07, 6.45) is 2.43. The molecule has 0 radical (unpaired) electrons. The fourth-order valence-corrected chi connectivity index (χ4v) is 3.76. The van der Waals surface area contributed by atoms with Gasteiger partial charge in [-0.1, -0.05) is 0 Å². The summed E-state index contributed by atoms with van der Waals surface area (Å²) >= 11 is 0. The molecule has 1 aliphatic heterocycles. The molecule has 0 unspecified atom stereocenters. The standard InChI is InChI=1S/C12H21NO3S/c1-12(2,10-13)6-3-9-17(14,15)11-4-7-16-8-5-11/h11H,3-9H2,1-2H3. The zero-order chi connectivity index (χ0) is 12.9. The van der Waals surface area contributed by atoms with Crippen LogP contribution in [0, 0.1) is 16.7 Å². The van der Waals surface area contributed by atoms with Crippen molar-refractivity contribution in [1.29, 1.82) is 5.26 Å². The van der Waals surface area contributed by atoms with E-state index < -0.39 is 15.3 Å². The van der Waals surface area contributed by atoms with E-state index in [2.05, 4.69) is 6.07 Å². The lowest BCUT2D eigenvalue weighted by atomic mass is 9.90. The summed E-state index contributed by atoms with van der Waals surface area (Å²) in [6.45, 7) is 4.78. The van der Waals surface area contributed by atoms with Crippen molar-refractivity contribution in [3.8, 4) is 6.07 Å². The van der Waals surface area contributed by atoms with E-state index in [1.165, 1.54) is 0 Å². The first kappa shape index (κ1) is 14.5. The largest absolute Gasteiger partial charge is 0.381 e. The predicted octanol–water partition coefficient (Wildman–Crippen LogP) is 1.91. The fourth-order valence-electron chi connectivity index (χ4n) is 1.97. The van der Waals surface area contributed by atoms with Gasteiger partial charge in [-0.25, -0.2) is 8.42 Å². The Kier molecular flexibility index (Phi) is 4.96. The number of nitrogens with zero attached hydrogens (tertiary/aromatic N) is 1. The van der Waals surface area contributed by atoms with Crippen molar-refractivity contribution in [3.63, 3.8) is 0 Å². The molecule has 0 aromatic rings. The molecule has 1 heterocycles. The van der Waals surface area contributed by atoms with E-state index in [9.17, 15) is 8.42 Å². The summed E-state index contributed by atoms with van der Waals surface area (Å²) in [4.78, 5) is 0. The Morgan fingerprint density at radius 3 is 2.47 bits per heavy atom. The van der Waals surface area contributed by atoms with Crippen molar-refractivity contribution < 1.29 is 13.2 Å². The molecule has 0 spiro atoms. The van der Waals surface area contributed by atoms with E-state index >= 15 is 0 Å². The summed E-state index contributed by atoms with van der Waals surface area (Å²) in [5.41, 5.74) is -0.425. The number of hydrogen-bond donors (Lipinski definition) is 0. The highest BCUT2D eigenvalue weighted by molar-refractivity contribution is 7.92. The molecule has 4 nitrogen and oxygen atoms in total. The first-order valence-electron chi connectivity index (χ1n) is 6.08. The number of hydrogen-bond acceptors (Lipinski definition) is 4. The highest BCUT2D eigenvalue weighted by Crippen LogP contribution is 2.23. The molecule has 0 N–H and O–H groups in total. The van der Waals surface area contributed by atoms with Gasteiger partial charge in [0, 0.05) is 13.2 Å². The second kappa shape index (κ2) is 5.83.